The van der Waals surface area contributed by atoms with E-state index in [2.05, 4.69) is 71.4 Å². The second kappa shape index (κ2) is 5.18. The summed E-state index contributed by atoms with van der Waals surface area (Å²) in [6.07, 6.45) is 0. The molecule has 23 heavy (non-hydrogen) atoms. The number of aromatic amines is 1. The van der Waals surface area contributed by atoms with Gasteiger partial charge in [-0.2, -0.15) is 5.10 Å². The van der Waals surface area contributed by atoms with Gasteiger partial charge in [0.05, 0.1) is 21.6 Å². The number of hydrogen-bond donors (Lipinski definition) is 1. The van der Waals surface area contributed by atoms with Crippen molar-refractivity contribution >= 4 is 33.8 Å². The third kappa shape index (κ3) is 2.26. The molecule has 0 spiro atoms. The maximum atomic E-state index is 5.48. The van der Waals surface area contributed by atoms with Crippen molar-refractivity contribution in [2.45, 2.75) is 13.8 Å². The first-order chi connectivity index (χ1) is 11.0. The molecule has 4 nitrogen and oxygen atoms in total. The van der Waals surface area contributed by atoms with Gasteiger partial charge in [-0.3, -0.25) is 9.67 Å². The second-order valence-corrected chi connectivity index (χ2v) is 7.13. The topological polar surface area (TPSA) is 38.5 Å². The van der Waals surface area contributed by atoms with Crippen molar-refractivity contribution in [1.82, 2.24) is 19.3 Å². The highest BCUT2D eigenvalue weighted by Crippen LogP contribution is 2.31. The van der Waals surface area contributed by atoms with Crippen LogP contribution in [-0.4, -0.2) is 19.3 Å². The Morgan fingerprint density at radius 2 is 1.87 bits per heavy atom. The molecular weight excluding hydrogens is 324 g/mol. The highest BCUT2D eigenvalue weighted by Gasteiger charge is 2.16. The number of thiophene rings is 1. The number of aromatic nitrogens is 4. The van der Waals surface area contributed by atoms with Crippen LogP contribution in [0.5, 0.6) is 0 Å². The van der Waals surface area contributed by atoms with Gasteiger partial charge >= 0.3 is 0 Å². The van der Waals surface area contributed by atoms with E-state index >= 15 is 0 Å². The molecule has 0 saturated heterocycles. The van der Waals surface area contributed by atoms with Gasteiger partial charge in [0.1, 0.15) is 0 Å². The average molecular weight is 340 g/mol. The number of fused-ring (bicyclic) bond motifs is 1. The molecule has 0 radical (unpaired) electrons. The predicted octanol–water partition coefficient (Wildman–Crippen LogP) is 4.77. The Labute approximate surface area is 143 Å². The number of H-pyrrole nitrogens is 1. The van der Waals surface area contributed by atoms with Gasteiger partial charge in [0.15, 0.2) is 10.6 Å². The Balaban J connectivity index is 1.99. The normalized spacial score (nSPS) is 11.4. The molecule has 0 aliphatic carbocycles. The number of aryl methyl sites for hydroxylation is 3. The Morgan fingerprint density at radius 3 is 2.57 bits per heavy atom. The quantitative estimate of drug-likeness (QED) is 0.534. The third-order valence-corrected chi connectivity index (χ3v) is 5.16. The van der Waals surface area contributed by atoms with Gasteiger partial charge in [-0.05, 0) is 66.8 Å². The van der Waals surface area contributed by atoms with Crippen LogP contribution >= 0.6 is 23.6 Å². The van der Waals surface area contributed by atoms with Crippen molar-refractivity contribution in [3.8, 4) is 17.2 Å². The number of hydrogen-bond acceptors (Lipinski definition) is 3. The third-order valence-electron chi connectivity index (χ3n) is 4.03. The van der Waals surface area contributed by atoms with E-state index in [4.69, 9.17) is 12.2 Å². The van der Waals surface area contributed by atoms with E-state index in [9.17, 15) is 0 Å². The van der Waals surface area contributed by atoms with Crippen LogP contribution in [0.15, 0.2) is 35.7 Å². The number of nitrogens with one attached hydrogen (secondary N) is 1. The molecule has 3 heterocycles. The van der Waals surface area contributed by atoms with Crippen LogP contribution in [-0.2, 0) is 7.05 Å². The van der Waals surface area contributed by atoms with Crippen LogP contribution in [0.1, 0.15) is 11.1 Å². The number of rotatable bonds is 2. The molecule has 0 amide bonds. The van der Waals surface area contributed by atoms with E-state index in [0.717, 1.165) is 17.2 Å². The molecule has 0 aliphatic rings. The minimum atomic E-state index is 0.606. The number of benzene rings is 1. The highest BCUT2D eigenvalue weighted by molar-refractivity contribution is 7.71. The summed E-state index contributed by atoms with van der Waals surface area (Å²) in [6.45, 7) is 4.19. The van der Waals surface area contributed by atoms with E-state index in [-0.39, 0.29) is 0 Å². The van der Waals surface area contributed by atoms with Crippen molar-refractivity contribution in [2.24, 2.45) is 7.05 Å². The van der Waals surface area contributed by atoms with E-state index in [0.29, 0.717) is 4.77 Å². The molecule has 0 aliphatic heterocycles. The van der Waals surface area contributed by atoms with Crippen LogP contribution in [0.2, 0.25) is 0 Å². The summed E-state index contributed by atoms with van der Waals surface area (Å²) >= 11 is 7.22. The fourth-order valence-electron chi connectivity index (χ4n) is 3.05. The molecule has 3 aromatic heterocycles. The van der Waals surface area contributed by atoms with Crippen LogP contribution in [0.25, 0.3) is 27.4 Å². The first-order valence-electron chi connectivity index (χ1n) is 7.34. The molecule has 0 bridgehead atoms. The summed E-state index contributed by atoms with van der Waals surface area (Å²) in [5, 5.41) is 9.54. The van der Waals surface area contributed by atoms with Crippen molar-refractivity contribution in [2.75, 3.05) is 0 Å². The minimum absolute atomic E-state index is 0.606. The van der Waals surface area contributed by atoms with Gasteiger partial charge < -0.3 is 4.57 Å². The standard InChI is InChI=1S/C17H16N4S2/c1-10-6-11(2)8-12(7-10)21-16(18-19-17(21)22)14-9-15-13(20(14)3)4-5-23-15/h4-9H,1-3H3,(H,19,22). The molecule has 0 fully saturated rings. The fraction of sp³-hybridized carbons (Fsp3) is 0.176. The zero-order valence-corrected chi connectivity index (χ0v) is 14.8. The van der Waals surface area contributed by atoms with Gasteiger partial charge in [-0.15, -0.1) is 11.3 Å². The smallest absolute Gasteiger partial charge is 0.200 e. The lowest BCUT2D eigenvalue weighted by Crippen LogP contribution is -2.02. The van der Waals surface area contributed by atoms with Crippen LogP contribution < -0.4 is 0 Å². The molecule has 4 aromatic rings. The molecule has 6 heteroatoms. The lowest BCUT2D eigenvalue weighted by molar-refractivity contribution is 0.940. The number of nitrogens with zero attached hydrogens (tertiary/aromatic N) is 3. The Kier molecular flexibility index (Phi) is 3.25. The lowest BCUT2D eigenvalue weighted by atomic mass is 10.1. The summed E-state index contributed by atoms with van der Waals surface area (Å²) in [7, 11) is 2.06. The van der Waals surface area contributed by atoms with Crippen LogP contribution in [0.3, 0.4) is 0 Å². The van der Waals surface area contributed by atoms with Crippen LogP contribution in [0.4, 0.5) is 0 Å². The molecule has 0 atom stereocenters. The SMILES string of the molecule is Cc1cc(C)cc(-n2c(-c3cc4sccc4n3C)n[nH]c2=S)c1. The summed E-state index contributed by atoms with van der Waals surface area (Å²) in [6, 6.07) is 10.7. The lowest BCUT2D eigenvalue weighted by Gasteiger charge is -2.10. The highest BCUT2D eigenvalue weighted by atomic mass is 32.1. The molecule has 0 unspecified atom stereocenters. The Bertz CT molecular complexity index is 1060. The van der Waals surface area contributed by atoms with Gasteiger partial charge in [-0.1, -0.05) is 6.07 Å². The fourth-order valence-corrected chi connectivity index (χ4v) is 4.14. The van der Waals surface area contributed by atoms with E-state index in [1.54, 1.807) is 11.3 Å². The molecule has 0 saturated carbocycles. The minimum Gasteiger partial charge on any atom is -0.340 e. The molecule has 1 N–H and O–H groups in total. The van der Waals surface area contributed by atoms with Crippen molar-refractivity contribution < 1.29 is 0 Å². The summed E-state index contributed by atoms with van der Waals surface area (Å²) in [4.78, 5) is 0. The first-order valence-corrected chi connectivity index (χ1v) is 8.63. The molecule has 116 valence electrons. The van der Waals surface area contributed by atoms with E-state index in [1.165, 1.54) is 21.3 Å². The summed E-state index contributed by atoms with van der Waals surface area (Å²) in [5.74, 6) is 0.839. The van der Waals surface area contributed by atoms with Crippen LogP contribution in [0, 0.1) is 18.6 Å². The summed E-state index contributed by atoms with van der Waals surface area (Å²) in [5.41, 5.74) is 5.73. The zero-order chi connectivity index (χ0) is 16.1. The maximum Gasteiger partial charge on any atom is 0.200 e. The van der Waals surface area contributed by atoms with Gasteiger partial charge in [0, 0.05) is 7.05 Å². The van der Waals surface area contributed by atoms with E-state index < -0.39 is 0 Å². The average Bonchev–Trinajstić information content (AvgIpc) is 3.15. The van der Waals surface area contributed by atoms with Gasteiger partial charge in [0.2, 0.25) is 0 Å². The largest absolute Gasteiger partial charge is 0.340 e. The zero-order valence-electron chi connectivity index (χ0n) is 13.1. The molecule has 4 rings (SSSR count). The van der Waals surface area contributed by atoms with Crippen molar-refractivity contribution in [1.29, 1.82) is 0 Å². The van der Waals surface area contributed by atoms with Crippen molar-refractivity contribution in [3.63, 3.8) is 0 Å². The Morgan fingerprint density at radius 1 is 1.13 bits per heavy atom. The van der Waals surface area contributed by atoms with Gasteiger partial charge in [-0.25, -0.2) is 0 Å². The first kappa shape index (κ1) is 14.4. The van der Waals surface area contributed by atoms with Crippen molar-refractivity contribution in [3.05, 3.63) is 51.6 Å². The monoisotopic (exact) mass is 340 g/mol. The second-order valence-electron chi connectivity index (χ2n) is 5.79. The summed E-state index contributed by atoms with van der Waals surface area (Å²) < 4.78 is 6.03. The molecular formula is C17H16N4S2. The Hall–Kier alpha value is -2.18. The van der Waals surface area contributed by atoms with Gasteiger partial charge in [0.25, 0.3) is 0 Å². The van der Waals surface area contributed by atoms with E-state index in [1.807, 2.05) is 4.57 Å². The predicted molar refractivity (Wildman–Crippen MR) is 98.0 cm³/mol. The maximum absolute atomic E-state index is 5.48. The molecule has 1 aromatic carbocycles.